The predicted molar refractivity (Wildman–Crippen MR) is 77.6 cm³/mol. The fraction of sp³-hybridized carbons (Fsp3) is 0. The van der Waals surface area contributed by atoms with Crippen LogP contribution in [0.1, 0.15) is 0 Å². The summed E-state index contributed by atoms with van der Waals surface area (Å²) in [5.74, 6) is 0. The molecule has 2 heterocycles. The van der Waals surface area contributed by atoms with E-state index in [1.54, 1.807) is 23.6 Å². The van der Waals surface area contributed by atoms with Crippen LogP contribution in [-0.2, 0) is 10.0 Å². The van der Waals surface area contributed by atoms with E-state index in [1.807, 2.05) is 0 Å². The zero-order chi connectivity index (χ0) is 13.5. The molecule has 0 saturated carbocycles. The smallest absolute Gasteiger partial charge is 0.253 e. The lowest BCUT2D eigenvalue weighted by Gasteiger charge is -2.03. The Morgan fingerprint density at radius 3 is 2.84 bits per heavy atom. The molecule has 3 rings (SSSR count). The van der Waals surface area contributed by atoms with E-state index in [9.17, 15) is 8.42 Å². The number of nitrogens with one attached hydrogen (secondary N) is 1. The fourth-order valence-electron chi connectivity index (χ4n) is 1.57. The Balaban J connectivity index is 2.10. The molecule has 0 unspecified atom stereocenters. The van der Waals surface area contributed by atoms with Crippen LogP contribution >= 0.6 is 34.3 Å². The van der Waals surface area contributed by atoms with Crippen molar-refractivity contribution in [1.82, 2.24) is 10.2 Å². The molecule has 1 aromatic carbocycles. The summed E-state index contributed by atoms with van der Waals surface area (Å²) >= 11 is 8.38. The standard InChI is InChI=1S/C10H6ClN3O2S3/c11-6-1-2-8-7(3-6)9(4-17-8)19(15,16)14-10-13-12-5-18-10/h1-5H,(H,13,14). The van der Waals surface area contributed by atoms with Gasteiger partial charge in [0.15, 0.2) is 0 Å². The van der Waals surface area contributed by atoms with Crippen molar-refractivity contribution >= 4 is 59.5 Å². The Morgan fingerprint density at radius 2 is 2.11 bits per heavy atom. The predicted octanol–water partition coefficient (Wildman–Crippen LogP) is 3.21. The molecule has 0 aliphatic heterocycles. The van der Waals surface area contributed by atoms with Gasteiger partial charge in [0.25, 0.3) is 10.0 Å². The van der Waals surface area contributed by atoms with Gasteiger partial charge in [0.2, 0.25) is 5.13 Å². The van der Waals surface area contributed by atoms with E-state index in [-0.39, 0.29) is 10.0 Å². The third-order valence-corrected chi connectivity index (χ3v) is 5.83. The van der Waals surface area contributed by atoms with Gasteiger partial charge in [-0.05, 0) is 18.2 Å². The van der Waals surface area contributed by atoms with Crippen molar-refractivity contribution in [2.45, 2.75) is 4.90 Å². The first-order valence-electron chi connectivity index (χ1n) is 5.02. The van der Waals surface area contributed by atoms with Gasteiger partial charge in [0, 0.05) is 20.5 Å². The van der Waals surface area contributed by atoms with Crippen LogP contribution in [0.2, 0.25) is 5.02 Å². The third-order valence-electron chi connectivity index (χ3n) is 2.37. The molecule has 0 saturated heterocycles. The number of benzene rings is 1. The number of nitrogens with zero attached hydrogens (tertiary/aromatic N) is 2. The molecule has 0 aliphatic carbocycles. The lowest BCUT2D eigenvalue weighted by atomic mass is 10.3. The van der Waals surface area contributed by atoms with Crippen molar-refractivity contribution in [2.75, 3.05) is 4.72 Å². The normalized spacial score (nSPS) is 11.8. The summed E-state index contributed by atoms with van der Waals surface area (Å²) in [4.78, 5) is 0.199. The SMILES string of the molecule is O=S(=O)(Nc1nncs1)c1csc2ccc(Cl)cc12. The molecular formula is C10H6ClN3O2S3. The third kappa shape index (κ3) is 2.44. The first-order valence-corrected chi connectivity index (χ1v) is 8.64. The molecule has 98 valence electrons. The van der Waals surface area contributed by atoms with E-state index in [1.165, 1.54) is 16.8 Å². The lowest BCUT2D eigenvalue weighted by molar-refractivity contribution is 0.602. The molecule has 19 heavy (non-hydrogen) atoms. The van der Waals surface area contributed by atoms with E-state index in [0.29, 0.717) is 10.4 Å². The van der Waals surface area contributed by atoms with Crippen LogP contribution in [0.4, 0.5) is 5.13 Å². The maximum atomic E-state index is 12.3. The number of hydrogen-bond acceptors (Lipinski definition) is 6. The van der Waals surface area contributed by atoms with Gasteiger partial charge in [-0.1, -0.05) is 22.9 Å². The number of aromatic nitrogens is 2. The van der Waals surface area contributed by atoms with E-state index >= 15 is 0 Å². The summed E-state index contributed by atoms with van der Waals surface area (Å²) < 4.78 is 27.8. The summed E-state index contributed by atoms with van der Waals surface area (Å²) in [6, 6.07) is 5.17. The van der Waals surface area contributed by atoms with Crippen LogP contribution in [-0.4, -0.2) is 18.6 Å². The van der Waals surface area contributed by atoms with E-state index in [2.05, 4.69) is 14.9 Å². The molecule has 0 fully saturated rings. The van der Waals surface area contributed by atoms with Crippen molar-refractivity contribution in [3.63, 3.8) is 0 Å². The number of thiophene rings is 1. The first-order chi connectivity index (χ1) is 9.06. The molecule has 0 radical (unpaired) electrons. The zero-order valence-corrected chi connectivity index (χ0v) is 12.4. The van der Waals surface area contributed by atoms with Crippen molar-refractivity contribution in [1.29, 1.82) is 0 Å². The minimum Gasteiger partial charge on any atom is -0.253 e. The van der Waals surface area contributed by atoms with Gasteiger partial charge in [-0.25, -0.2) is 8.42 Å². The molecule has 0 spiro atoms. The molecule has 3 aromatic rings. The summed E-state index contributed by atoms with van der Waals surface area (Å²) in [5.41, 5.74) is 1.46. The molecule has 0 bridgehead atoms. The number of sulfonamides is 1. The number of halogens is 1. The molecule has 2 aromatic heterocycles. The number of hydrogen-bond donors (Lipinski definition) is 1. The summed E-state index contributed by atoms with van der Waals surface area (Å²) in [6.45, 7) is 0. The highest BCUT2D eigenvalue weighted by molar-refractivity contribution is 7.93. The largest absolute Gasteiger partial charge is 0.265 e. The highest BCUT2D eigenvalue weighted by Crippen LogP contribution is 2.32. The van der Waals surface area contributed by atoms with Crippen LogP contribution in [0.25, 0.3) is 10.1 Å². The molecule has 0 aliphatic rings. The number of rotatable bonds is 3. The van der Waals surface area contributed by atoms with Gasteiger partial charge in [-0.15, -0.1) is 21.5 Å². The first kappa shape index (κ1) is 12.8. The van der Waals surface area contributed by atoms with Gasteiger partial charge in [0.1, 0.15) is 10.4 Å². The van der Waals surface area contributed by atoms with Gasteiger partial charge in [-0.2, -0.15) is 0 Å². The Bertz CT molecular complexity index is 827. The lowest BCUT2D eigenvalue weighted by Crippen LogP contribution is -2.12. The Labute approximate surface area is 121 Å². The molecular weight excluding hydrogens is 326 g/mol. The molecule has 1 N–H and O–H groups in total. The molecule has 0 atom stereocenters. The summed E-state index contributed by atoms with van der Waals surface area (Å²) in [7, 11) is -3.67. The van der Waals surface area contributed by atoms with Crippen LogP contribution in [0.5, 0.6) is 0 Å². The van der Waals surface area contributed by atoms with Crippen LogP contribution in [0, 0.1) is 0 Å². The average molecular weight is 332 g/mol. The fourth-order valence-corrected chi connectivity index (χ4v) is 4.91. The van der Waals surface area contributed by atoms with Crippen LogP contribution in [0.15, 0.2) is 34.0 Å². The Morgan fingerprint density at radius 1 is 1.26 bits per heavy atom. The highest BCUT2D eigenvalue weighted by Gasteiger charge is 2.20. The van der Waals surface area contributed by atoms with Crippen molar-refractivity contribution in [3.8, 4) is 0 Å². The van der Waals surface area contributed by atoms with E-state index in [0.717, 1.165) is 16.0 Å². The minimum atomic E-state index is -3.67. The minimum absolute atomic E-state index is 0.199. The van der Waals surface area contributed by atoms with Crippen molar-refractivity contribution in [2.24, 2.45) is 0 Å². The quantitative estimate of drug-likeness (QED) is 0.800. The summed E-state index contributed by atoms with van der Waals surface area (Å²) in [5, 5.41) is 10.2. The molecule has 5 nitrogen and oxygen atoms in total. The number of fused-ring (bicyclic) bond motifs is 1. The van der Waals surface area contributed by atoms with Gasteiger partial charge < -0.3 is 0 Å². The summed E-state index contributed by atoms with van der Waals surface area (Å²) in [6.07, 6.45) is 0. The number of anilines is 1. The van der Waals surface area contributed by atoms with Crippen LogP contribution in [0.3, 0.4) is 0 Å². The highest BCUT2D eigenvalue weighted by atomic mass is 35.5. The van der Waals surface area contributed by atoms with Gasteiger partial charge in [-0.3, -0.25) is 4.72 Å². The Hall–Kier alpha value is -1.22. The second-order valence-electron chi connectivity index (χ2n) is 3.59. The second-order valence-corrected chi connectivity index (χ2v) is 7.42. The molecule has 9 heteroatoms. The van der Waals surface area contributed by atoms with Gasteiger partial charge in [0.05, 0.1) is 0 Å². The van der Waals surface area contributed by atoms with E-state index in [4.69, 9.17) is 11.6 Å². The Kier molecular flexibility index (Phi) is 3.17. The second kappa shape index (κ2) is 4.71. The molecule has 0 amide bonds. The monoisotopic (exact) mass is 331 g/mol. The maximum absolute atomic E-state index is 12.3. The van der Waals surface area contributed by atoms with Gasteiger partial charge >= 0.3 is 0 Å². The van der Waals surface area contributed by atoms with Crippen molar-refractivity contribution < 1.29 is 8.42 Å². The average Bonchev–Trinajstić information content (AvgIpc) is 2.96. The topological polar surface area (TPSA) is 72.0 Å². The van der Waals surface area contributed by atoms with Crippen molar-refractivity contribution in [3.05, 3.63) is 34.1 Å². The zero-order valence-electron chi connectivity index (χ0n) is 9.20. The van der Waals surface area contributed by atoms with Crippen LogP contribution < -0.4 is 4.72 Å². The maximum Gasteiger partial charge on any atom is 0.265 e. The van der Waals surface area contributed by atoms with E-state index < -0.39 is 10.0 Å².